The molecule has 0 saturated heterocycles. The summed E-state index contributed by atoms with van der Waals surface area (Å²) in [6, 6.07) is 24.0. The molecule has 34 heavy (non-hydrogen) atoms. The van der Waals surface area contributed by atoms with E-state index in [-0.39, 0.29) is 10.6 Å². The Hall–Kier alpha value is -4.10. The highest BCUT2D eigenvalue weighted by Gasteiger charge is 2.18. The molecule has 0 bridgehead atoms. The Balaban J connectivity index is 1.52. The fourth-order valence-corrected chi connectivity index (χ4v) is 5.10. The molecule has 0 aliphatic carbocycles. The summed E-state index contributed by atoms with van der Waals surface area (Å²) in [6.45, 7) is 2.02. The molecule has 7 heteroatoms. The summed E-state index contributed by atoms with van der Waals surface area (Å²) in [6.07, 6.45) is 4.58. The summed E-state index contributed by atoms with van der Waals surface area (Å²) < 4.78 is 32.0. The number of rotatable bonds is 6. The minimum Gasteiger partial charge on any atom is -0.457 e. The number of aryl methyl sites for hydroxylation is 1. The van der Waals surface area contributed by atoms with E-state index in [1.807, 2.05) is 67.6 Å². The number of pyridine rings is 1. The van der Waals surface area contributed by atoms with Crippen molar-refractivity contribution in [2.45, 2.75) is 17.6 Å². The second-order valence-electron chi connectivity index (χ2n) is 7.89. The molecule has 5 rings (SSSR count). The average Bonchev–Trinajstić information content (AvgIpc) is 2.85. The molecule has 2 heterocycles. The monoisotopic (exact) mass is 467 g/mol. The van der Waals surface area contributed by atoms with Crippen molar-refractivity contribution >= 4 is 20.6 Å². The van der Waals surface area contributed by atoms with Crippen molar-refractivity contribution in [3.05, 3.63) is 109 Å². The van der Waals surface area contributed by atoms with Gasteiger partial charge in [0.1, 0.15) is 17.8 Å². The second-order valence-corrected chi connectivity index (χ2v) is 9.88. The van der Waals surface area contributed by atoms with Gasteiger partial charge in [0.15, 0.2) is 9.84 Å². The van der Waals surface area contributed by atoms with E-state index in [4.69, 9.17) is 4.74 Å². The lowest BCUT2D eigenvalue weighted by molar-refractivity contribution is 0.483. The van der Waals surface area contributed by atoms with Crippen molar-refractivity contribution in [1.82, 2.24) is 15.0 Å². The zero-order valence-electron chi connectivity index (χ0n) is 18.4. The molecular weight excluding hydrogens is 446 g/mol. The third kappa shape index (κ3) is 4.51. The van der Waals surface area contributed by atoms with Gasteiger partial charge >= 0.3 is 0 Å². The molecular formula is C27H21N3O3S. The number of hydrogen-bond acceptors (Lipinski definition) is 6. The molecule has 0 amide bonds. The van der Waals surface area contributed by atoms with Crippen LogP contribution in [0.3, 0.4) is 0 Å². The Morgan fingerprint density at radius 2 is 1.68 bits per heavy atom. The van der Waals surface area contributed by atoms with Crippen molar-refractivity contribution < 1.29 is 13.2 Å². The van der Waals surface area contributed by atoms with Crippen LogP contribution in [0.1, 0.15) is 11.3 Å². The van der Waals surface area contributed by atoms with Gasteiger partial charge in [0.2, 0.25) is 0 Å². The third-order valence-corrected chi connectivity index (χ3v) is 7.17. The third-order valence-electron chi connectivity index (χ3n) is 5.52. The summed E-state index contributed by atoms with van der Waals surface area (Å²) >= 11 is 0. The predicted octanol–water partition coefficient (Wildman–Crippen LogP) is 5.77. The lowest BCUT2D eigenvalue weighted by Crippen LogP contribution is -2.06. The van der Waals surface area contributed by atoms with E-state index in [0.29, 0.717) is 11.4 Å². The molecule has 0 atom stereocenters. The summed E-state index contributed by atoms with van der Waals surface area (Å²) in [5.41, 5.74) is 3.20. The van der Waals surface area contributed by atoms with Gasteiger partial charge in [-0.25, -0.2) is 18.4 Å². The second kappa shape index (κ2) is 9.03. The Morgan fingerprint density at radius 1 is 0.824 bits per heavy atom. The van der Waals surface area contributed by atoms with E-state index >= 15 is 0 Å². The van der Waals surface area contributed by atoms with Crippen molar-refractivity contribution in [1.29, 1.82) is 0 Å². The van der Waals surface area contributed by atoms with Crippen LogP contribution in [-0.4, -0.2) is 23.4 Å². The van der Waals surface area contributed by atoms with Crippen molar-refractivity contribution in [2.75, 3.05) is 0 Å². The lowest BCUT2D eigenvalue weighted by atomic mass is 10.00. The smallest absolute Gasteiger partial charge is 0.184 e. The Kier molecular flexibility index (Phi) is 5.77. The molecule has 5 aromatic rings. The highest BCUT2D eigenvalue weighted by Crippen LogP contribution is 2.34. The zero-order chi connectivity index (χ0) is 23.5. The predicted molar refractivity (Wildman–Crippen MR) is 131 cm³/mol. The summed E-state index contributed by atoms with van der Waals surface area (Å²) in [7, 11) is -3.56. The van der Waals surface area contributed by atoms with Crippen LogP contribution in [0.4, 0.5) is 0 Å². The van der Waals surface area contributed by atoms with Gasteiger partial charge in [-0.05, 0) is 66.4 Å². The van der Waals surface area contributed by atoms with Crippen molar-refractivity contribution in [3.8, 4) is 22.8 Å². The van der Waals surface area contributed by atoms with Crippen LogP contribution in [0.5, 0.6) is 11.5 Å². The Labute approximate surface area is 197 Å². The minimum atomic E-state index is -3.56. The molecule has 0 spiro atoms. The van der Waals surface area contributed by atoms with Crippen LogP contribution in [0.15, 0.2) is 102 Å². The van der Waals surface area contributed by atoms with E-state index in [2.05, 4.69) is 15.0 Å². The van der Waals surface area contributed by atoms with Gasteiger partial charge in [-0.2, -0.15) is 0 Å². The fraction of sp³-hybridized carbons (Fsp3) is 0.0741. The maximum Gasteiger partial charge on any atom is 0.184 e. The fourth-order valence-electron chi connectivity index (χ4n) is 3.79. The minimum absolute atomic E-state index is 0.184. The molecule has 0 aliphatic rings. The molecule has 0 fully saturated rings. The first-order valence-electron chi connectivity index (χ1n) is 10.7. The molecule has 6 nitrogen and oxygen atoms in total. The van der Waals surface area contributed by atoms with Gasteiger partial charge < -0.3 is 4.74 Å². The van der Waals surface area contributed by atoms with E-state index in [9.17, 15) is 8.42 Å². The highest BCUT2D eigenvalue weighted by atomic mass is 32.2. The standard InChI is InChI=1S/C27H21N3O3S/c1-19-7-8-23(33-22-5-3-2-4-6-22)16-26(19)27-25-10-9-24(15-20(25)11-14-29-27)34(31,32)17-21-12-13-28-18-30-21/h2-16,18H,17H2,1H3. The quantitative estimate of drug-likeness (QED) is 0.315. The number of nitrogens with zero attached hydrogens (tertiary/aromatic N) is 3. The summed E-state index contributed by atoms with van der Waals surface area (Å²) in [4.78, 5) is 12.8. The Bertz CT molecular complexity index is 1570. The number of benzene rings is 3. The molecule has 3 aromatic carbocycles. The van der Waals surface area contributed by atoms with Gasteiger partial charge in [0.05, 0.1) is 22.0 Å². The number of para-hydroxylation sites is 1. The van der Waals surface area contributed by atoms with Crippen LogP contribution in [0.25, 0.3) is 22.0 Å². The first kappa shape index (κ1) is 21.7. The molecule has 0 radical (unpaired) electrons. The number of aromatic nitrogens is 3. The van der Waals surface area contributed by atoms with Crippen LogP contribution < -0.4 is 4.74 Å². The number of fused-ring (bicyclic) bond motifs is 1. The lowest BCUT2D eigenvalue weighted by Gasteiger charge is -2.13. The number of hydrogen-bond donors (Lipinski definition) is 0. The SMILES string of the molecule is Cc1ccc(Oc2ccccc2)cc1-c1nccc2cc(S(=O)(=O)Cc3ccncn3)ccc12. The summed E-state index contributed by atoms with van der Waals surface area (Å²) in [5, 5.41) is 1.66. The summed E-state index contributed by atoms with van der Waals surface area (Å²) in [5.74, 6) is 1.27. The molecule has 168 valence electrons. The molecule has 0 N–H and O–H groups in total. The van der Waals surface area contributed by atoms with Crippen molar-refractivity contribution in [3.63, 3.8) is 0 Å². The topological polar surface area (TPSA) is 82.0 Å². The maximum absolute atomic E-state index is 13.0. The molecule has 0 unspecified atom stereocenters. The number of sulfone groups is 1. The van der Waals surface area contributed by atoms with Gasteiger partial charge in [-0.1, -0.05) is 30.3 Å². The van der Waals surface area contributed by atoms with Gasteiger partial charge in [0.25, 0.3) is 0 Å². The van der Waals surface area contributed by atoms with Crippen molar-refractivity contribution in [2.24, 2.45) is 0 Å². The van der Waals surface area contributed by atoms with Crippen LogP contribution in [0.2, 0.25) is 0 Å². The van der Waals surface area contributed by atoms with E-state index < -0.39 is 9.84 Å². The zero-order valence-corrected chi connectivity index (χ0v) is 19.2. The normalized spacial score (nSPS) is 11.4. The first-order valence-corrected chi connectivity index (χ1v) is 12.4. The van der Waals surface area contributed by atoms with Gasteiger partial charge in [0, 0.05) is 23.3 Å². The van der Waals surface area contributed by atoms with Crippen LogP contribution in [-0.2, 0) is 15.6 Å². The van der Waals surface area contributed by atoms with E-state index in [1.165, 1.54) is 12.5 Å². The highest BCUT2D eigenvalue weighted by molar-refractivity contribution is 7.90. The molecule has 0 aliphatic heterocycles. The number of ether oxygens (including phenoxy) is 1. The average molecular weight is 468 g/mol. The molecule has 0 saturated carbocycles. The Morgan fingerprint density at radius 3 is 2.47 bits per heavy atom. The van der Waals surface area contributed by atoms with E-state index in [0.717, 1.165) is 33.3 Å². The van der Waals surface area contributed by atoms with Crippen LogP contribution in [0, 0.1) is 6.92 Å². The maximum atomic E-state index is 13.0. The largest absolute Gasteiger partial charge is 0.457 e. The van der Waals surface area contributed by atoms with E-state index in [1.54, 1.807) is 24.4 Å². The van der Waals surface area contributed by atoms with Gasteiger partial charge in [-0.15, -0.1) is 0 Å². The van der Waals surface area contributed by atoms with Gasteiger partial charge in [-0.3, -0.25) is 4.98 Å². The molecule has 2 aromatic heterocycles. The first-order chi connectivity index (χ1) is 16.5. The van der Waals surface area contributed by atoms with Crippen LogP contribution >= 0.6 is 0 Å².